The Balaban J connectivity index is 1.87. The van der Waals surface area contributed by atoms with E-state index >= 15 is 0 Å². The highest BCUT2D eigenvalue weighted by atomic mass is 19.1. The van der Waals surface area contributed by atoms with Gasteiger partial charge in [0, 0.05) is 31.9 Å². The van der Waals surface area contributed by atoms with Gasteiger partial charge in [0.25, 0.3) is 0 Å². The lowest BCUT2D eigenvalue weighted by Gasteiger charge is -2.43. The summed E-state index contributed by atoms with van der Waals surface area (Å²) >= 11 is 0. The minimum absolute atomic E-state index is 0.0310. The monoisotopic (exact) mass is 271 g/mol. The van der Waals surface area contributed by atoms with Gasteiger partial charge >= 0.3 is 0 Å². The van der Waals surface area contributed by atoms with E-state index < -0.39 is 11.6 Å². The normalized spacial score (nSPS) is 26.2. The van der Waals surface area contributed by atoms with Crippen LogP contribution in [0.5, 0.6) is 0 Å². The predicted molar refractivity (Wildman–Crippen MR) is 67.8 cm³/mol. The number of hydrogen-bond donors (Lipinski definition) is 1. The molecule has 3 atom stereocenters. The third-order valence-electron chi connectivity index (χ3n) is 3.46. The van der Waals surface area contributed by atoms with E-state index in [4.69, 9.17) is 9.47 Å². The quantitative estimate of drug-likeness (QED) is 0.861. The first-order valence-electron chi connectivity index (χ1n) is 6.47. The van der Waals surface area contributed by atoms with Crippen LogP contribution >= 0.6 is 0 Å². The first-order chi connectivity index (χ1) is 9.15. The first kappa shape index (κ1) is 14.4. The van der Waals surface area contributed by atoms with Crippen LogP contribution in [-0.2, 0) is 16.0 Å². The van der Waals surface area contributed by atoms with Crippen LogP contribution in [0.3, 0.4) is 0 Å². The van der Waals surface area contributed by atoms with Crippen LogP contribution in [0, 0.1) is 11.6 Å². The number of benzene rings is 1. The molecule has 0 saturated heterocycles. The molecule has 2 rings (SSSR count). The zero-order chi connectivity index (χ0) is 13.8. The highest BCUT2D eigenvalue weighted by Crippen LogP contribution is 2.27. The van der Waals surface area contributed by atoms with E-state index in [1.165, 1.54) is 6.07 Å². The molecule has 19 heavy (non-hydrogen) atoms. The third kappa shape index (κ3) is 3.29. The molecule has 3 nitrogen and oxygen atoms in total. The first-order valence-corrected chi connectivity index (χ1v) is 6.47. The van der Waals surface area contributed by atoms with Gasteiger partial charge < -0.3 is 14.8 Å². The molecule has 1 aliphatic rings. The molecule has 0 aromatic heterocycles. The summed E-state index contributed by atoms with van der Waals surface area (Å²) in [5, 5.41) is 3.18. The van der Waals surface area contributed by atoms with E-state index in [0.29, 0.717) is 12.2 Å². The Labute approximate surface area is 111 Å². The Hall–Kier alpha value is -1.04. The van der Waals surface area contributed by atoms with Gasteiger partial charge in [-0.1, -0.05) is 0 Å². The maximum absolute atomic E-state index is 13.5. The lowest BCUT2D eigenvalue weighted by atomic mass is 9.85. The summed E-state index contributed by atoms with van der Waals surface area (Å²) < 4.78 is 37.3. The second-order valence-corrected chi connectivity index (χ2v) is 4.65. The van der Waals surface area contributed by atoms with E-state index in [1.54, 1.807) is 7.11 Å². The van der Waals surface area contributed by atoms with E-state index in [0.717, 1.165) is 18.6 Å². The Bertz CT molecular complexity index is 428. The van der Waals surface area contributed by atoms with E-state index in [-0.39, 0.29) is 24.8 Å². The summed E-state index contributed by atoms with van der Waals surface area (Å²) in [5.74, 6) is -0.828. The smallest absolute Gasteiger partial charge is 0.127 e. The Morgan fingerprint density at radius 1 is 1.37 bits per heavy atom. The zero-order valence-corrected chi connectivity index (χ0v) is 11.2. The van der Waals surface area contributed by atoms with Crippen LogP contribution in [-0.4, -0.2) is 32.0 Å². The number of nitrogens with one attached hydrogen (secondary N) is 1. The number of hydrogen-bond acceptors (Lipinski definition) is 3. The molecular weight excluding hydrogens is 252 g/mol. The molecule has 1 aromatic rings. The van der Waals surface area contributed by atoms with Gasteiger partial charge in [-0.25, -0.2) is 8.78 Å². The summed E-state index contributed by atoms with van der Waals surface area (Å²) in [4.78, 5) is 0. The van der Waals surface area contributed by atoms with Crippen molar-refractivity contribution in [2.45, 2.75) is 38.1 Å². The second-order valence-electron chi connectivity index (χ2n) is 4.65. The molecular formula is C14H19F2NO2. The molecule has 0 aliphatic heterocycles. The van der Waals surface area contributed by atoms with Crippen LogP contribution < -0.4 is 5.32 Å². The van der Waals surface area contributed by atoms with Gasteiger partial charge in [-0.15, -0.1) is 0 Å². The number of rotatable bonds is 6. The van der Waals surface area contributed by atoms with Gasteiger partial charge in [0.15, 0.2) is 0 Å². The molecule has 5 heteroatoms. The summed E-state index contributed by atoms with van der Waals surface area (Å²) in [6.45, 7) is 2.87. The van der Waals surface area contributed by atoms with Crippen LogP contribution in [0.2, 0.25) is 0 Å². The fraction of sp³-hybridized carbons (Fsp3) is 0.571. The lowest BCUT2D eigenvalue weighted by Crippen LogP contribution is -2.59. The fourth-order valence-electron chi connectivity index (χ4n) is 2.39. The van der Waals surface area contributed by atoms with Crippen LogP contribution in [0.15, 0.2) is 18.2 Å². The summed E-state index contributed by atoms with van der Waals surface area (Å²) in [6.07, 6.45) is 0.880. The van der Waals surface area contributed by atoms with Crippen LogP contribution in [0.1, 0.15) is 18.9 Å². The average molecular weight is 271 g/mol. The SMILES string of the molecule is CCOC1CC(NCc2cc(F)ccc2F)C1OC. The second kappa shape index (κ2) is 6.41. The van der Waals surface area contributed by atoms with Crippen molar-refractivity contribution in [3.8, 4) is 0 Å². The van der Waals surface area contributed by atoms with Crippen LogP contribution in [0.25, 0.3) is 0 Å². The summed E-state index contributed by atoms with van der Waals surface area (Å²) in [6, 6.07) is 3.59. The molecule has 3 unspecified atom stereocenters. The van der Waals surface area contributed by atoms with Crippen molar-refractivity contribution in [1.82, 2.24) is 5.32 Å². The number of halogens is 2. The number of methoxy groups -OCH3 is 1. The zero-order valence-electron chi connectivity index (χ0n) is 11.2. The Morgan fingerprint density at radius 2 is 2.16 bits per heavy atom. The van der Waals surface area contributed by atoms with E-state index in [2.05, 4.69) is 5.32 Å². The molecule has 1 saturated carbocycles. The van der Waals surface area contributed by atoms with Gasteiger partial charge in [-0.2, -0.15) is 0 Å². The predicted octanol–water partition coefficient (Wildman–Crippen LogP) is 2.25. The minimum atomic E-state index is -0.428. The minimum Gasteiger partial charge on any atom is -0.377 e. The molecule has 1 aromatic carbocycles. The fourth-order valence-corrected chi connectivity index (χ4v) is 2.39. The van der Waals surface area contributed by atoms with Crippen molar-refractivity contribution in [1.29, 1.82) is 0 Å². The van der Waals surface area contributed by atoms with Gasteiger partial charge in [-0.3, -0.25) is 0 Å². The molecule has 106 valence electrons. The topological polar surface area (TPSA) is 30.5 Å². The molecule has 1 fully saturated rings. The molecule has 1 N–H and O–H groups in total. The van der Waals surface area contributed by atoms with Crippen molar-refractivity contribution in [3.05, 3.63) is 35.4 Å². The van der Waals surface area contributed by atoms with Crippen molar-refractivity contribution in [2.24, 2.45) is 0 Å². The maximum Gasteiger partial charge on any atom is 0.127 e. The number of ether oxygens (including phenoxy) is 2. The van der Waals surface area contributed by atoms with Crippen molar-refractivity contribution < 1.29 is 18.3 Å². The van der Waals surface area contributed by atoms with Crippen molar-refractivity contribution >= 4 is 0 Å². The maximum atomic E-state index is 13.5. The van der Waals surface area contributed by atoms with Gasteiger partial charge in [-0.05, 0) is 31.5 Å². The molecule has 0 amide bonds. The van der Waals surface area contributed by atoms with Crippen LogP contribution in [0.4, 0.5) is 8.78 Å². The lowest BCUT2D eigenvalue weighted by molar-refractivity contribution is -0.131. The Kier molecular flexibility index (Phi) is 4.85. The van der Waals surface area contributed by atoms with E-state index in [1.807, 2.05) is 6.92 Å². The highest BCUT2D eigenvalue weighted by Gasteiger charge is 2.41. The Morgan fingerprint density at radius 3 is 2.84 bits per heavy atom. The largest absolute Gasteiger partial charge is 0.377 e. The third-order valence-corrected chi connectivity index (χ3v) is 3.46. The molecule has 0 radical (unpaired) electrons. The molecule has 0 spiro atoms. The van der Waals surface area contributed by atoms with Gasteiger partial charge in [0.2, 0.25) is 0 Å². The van der Waals surface area contributed by atoms with Gasteiger partial charge in [0.05, 0.1) is 12.2 Å². The van der Waals surface area contributed by atoms with E-state index in [9.17, 15) is 8.78 Å². The summed E-state index contributed by atoms with van der Waals surface area (Å²) in [5.41, 5.74) is 0.328. The average Bonchev–Trinajstić information content (AvgIpc) is 2.37. The molecule has 0 bridgehead atoms. The summed E-state index contributed by atoms with van der Waals surface area (Å²) in [7, 11) is 1.63. The highest BCUT2D eigenvalue weighted by molar-refractivity contribution is 5.18. The van der Waals surface area contributed by atoms with Crippen molar-refractivity contribution in [2.75, 3.05) is 13.7 Å². The van der Waals surface area contributed by atoms with Crippen molar-refractivity contribution in [3.63, 3.8) is 0 Å². The van der Waals surface area contributed by atoms with Gasteiger partial charge in [0.1, 0.15) is 11.6 Å². The molecule has 0 heterocycles. The molecule has 1 aliphatic carbocycles. The standard InChI is InChI=1S/C14H19F2NO2/c1-3-19-13-7-12(14(13)18-2)17-8-9-6-10(15)4-5-11(9)16/h4-6,12-14,17H,3,7-8H2,1-2H3.